The standard InChI is InChI=1S/C15H20FN3O2/c1-10(19(2)9-14(20)17-11-7-8-11)15(21)18-13-6-4-3-5-12(13)16/h3-6,10-11H,7-9H2,1-2H3,(H,17,20)(H,18,21)/t10-/m1/s1. The first-order valence-electron chi connectivity index (χ1n) is 7.02. The molecule has 0 bridgehead atoms. The summed E-state index contributed by atoms with van der Waals surface area (Å²) >= 11 is 0. The number of halogens is 1. The Labute approximate surface area is 123 Å². The van der Waals surface area contributed by atoms with Gasteiger partial charge in [-0.25, -0.2) is 4.39 Å². The van der Waals surface area contributed by atoms with E-state index in [0.29, 0.717) is 6.04 Å². The average molecular weight is 293 g/mol. The summed E-state index contributed by atoms with van der Waals surface area (Å²) in [6, 6.07) is 5.76. The molecule has 1 aromatic carbocycles. The normalized spacial score (nSPS) is 15.6. The van der Waals surface area contributed by atoms with Crippen LogP contribution in [0.25, 0.3) is 0 Å². The molecular formula is C15H20FN3O2. The van der Waals surface area contributed by atoms with E-state index in [1.54, 1.807) is 31.0 Å². The van der Waals surface area contributed by atoms with Crippen LogP contribution < -0.4 is 10.6 Å². The summed E-state index contributed by atoms with van der Waals surface area (Å²) < 4.78 is 13.5. The number of rotatable bonds is 6. The number of anilines is 1. The number of hydrogen-bond acceptors (Lipinski definition) is 3. The molecule has 114 valence electrons. The van der Waals surface area contributed by atoms with Crippen molar-refractivity contribution in [1.82, 2.24) is 10.2 Å². The van der Waals surface area contributed by atoms with Gasteiger partial charge in [-0.15, -0.1) is 0 Å². The molecule has 1 atom stereocenters. The molecule has 1 aliphatic rings. The van der Waals surface area contributed by atoms with Crippen molar-refractivity contribution in [3.8, 4) is 0 Å². The SMILES string of the molecule is C[C@H](C(=O)Nc1ccccc1F)N(C)CC(=O)NC1CC1. The zero-order chi connectivity index (χ0) is 15.4. The Kier molecular flexibility index (Phi) is 4.90. The van der Waals surface area contributed by atoms with Gasteiger partial charge in [-0.05, 0) is 38.9 Å². The van der Waals surface area contributed by atoms with Gasteiger partial charge < -0.3 is 10.6 Å². The summed E-state index contributed by atoms with van der Waals surface area (Å²) in [5.74, 6) is -0.917. The second-order valence-electron chi connectivity index (χ2n) is 5.40. The van der Waals surface area contributed by atoms with Crippen molar-refractivity contribution in [3.63, 3.8) is 0 Å². The molecule has 1 aliphatic carbocycles. The van der Waals surface area contributed by atoms with E-state index in [9.17, 15) is 14.0 Å². The van der Waals surface area contributed by atoms with Gasteiger partial charge in [0, 0.05) is 6.04 Å². The predicted octanol–water partition coefficient (Wildman–Crippen LogP) is 1.36. The maximum absolute atomic E-state index is 13.5. The molecule has 1 aromatic rings. The Hall–Kier alpha value is -1.95. The number of amides is 2. The summed E-state index contributed by atoms with van der Waals surface area (Å²) in [5, 5.41) is 5.39. The van der Waals surface area contributed by atoms with Crippen molar-refractivity contribution >= 4 is 17.5 Å². The van der Waals surface area contributed by atoms with E-state index in [1.807, 2.05) is 0 Å². The fourth-order valence-electron chi connectivity index (χ4n) is 1.86. The highest BCUT2D eigenvalue weighted by atomic mass is 19.1. The quantitative estimate of drug-likeness (QED) is 0.832. The van der Waals surface area contributed by atoms with Gasteiger partial charge in [-0.3, -0.25) is 14.5 Å². The molecule has 0 saturated heterocycles. The summed E-state index contributed by atoms with van der Waals surface area (Å²) in [6.45, 7) is 1.82. The van der Waals surface area contributed by atoms with Crippen LogP contribution in [0.15, 0.2) is 24.3 Å². The fourth-order valence-corrected chi connectivity index (χ4v) is 1.86. The molecule has 2 amide bonds. The fraction of sp³-hybridized carbons (Fsp3) is 0.467. The van der Waals surface area contributed by atoms with E-state index in [4.69, 9.17) is 0 Å². The lowest BCUT2D eigenvalue weighted by Crippen LogP contribution is -2.45. The monoisotopic (exact) mass is 293 g/mol. The van der Waals surface area contributed by atoms with Crippen molar-refractivity contribution in [2.75, 3.05) is 18.9 Å². The van der Waals surface area contributed by atoms with Gasteiger partial charge in [-0.1, -0.05) is 12.1 Å². The summed E-state index contributed by atoms with van der Waals surface area (Å²) in [6.07, 6.45) is 2.05. The van der Waals surface area contributed by atoms with Crippen molar-refractivity contribution in [2.24, 2.45) is 0 Å². The molecule has 0 aliphatic heterocycles. The minimum atomic E-state index is -0.533. The van der Waals surface area contributed by atoms with Crippen LogP contribution in [0.4, 0.5) is 10.1 Å². The van der Waals surface area contributed by atoms with Gasteiger partial charge in [0.1, 0.15) is 5.82 Å². The van der Waals surface area contributed by atoms with Gasteiger partial charge in [-0.2, -0.15) is 0 Å². The van der Waals surface area contributed by atoms with E-state index in [2.05, 4.69) is 10.6 Å². The first-order chi connectivity index (χ1) is 9.97. The van der Waals surface area contributed by atoms with Crippen molar-refractivity contribution in [3.05, 3.63) is 30.1 Å². The Balaban J connectivity index is 1.85. The first-order valence-corrected chi connectivity index (χ1v) is 7.02. The lowest BCUT2D eigenvalue weighted by Gasteiger charge is -2.23. The lowest BCUT2D eigenvalue weighted by molar-refractivity contribution is -0.124. The maximum Gasteiger partial charge on any atom is 0.241 e. The van der Waals surface area contributed by atoms with Gasteiger partial charge in [0.15, 0.2) is 0 Å². The van der Waals surface area contributed by atoms with Crippen LogP contribution in [0.1, 0.15) is 19.8 Å². The predicted molar refractivity (Wildman–Crippen MR) is 78.3 cm³/mol. The van der Waals surface area contributed by atoms with Gasteiger partial charge >= 0.3 is 0 Å². The Morgan fingerprint density at radius 3 is 2.67 bits per heavy atom. The van der Waals surface area contributed by atoms with Gasteiger partial charge in [0.25, 0.3) is 0 Å². The van der Waals surface area contributed by atoms with Crippen molar-refractivity contribution in [1.29, 1.82) is 0 Å². The molecular weight excluding hydrogens is 273 g/mol. The lowest BCUT2D eigenvalue weighted by atomic mass is 10.2. The minimum Gasteiger partial charge on any atom is -0.352 e. The molecule has 0 unspecified atom stereocenters. The number of carbonyl (C=O) groups is 2. The number of para-hydroxylation sites is 1. The van der Waals surface area contributed by atoms with Crippen molar-refractivity contribution < 1.29 is 14.0 Å². The Morgan fingerprint density at radius 2 is 2.05 bits per heavy atom. The van der Waals surface area contributed by atoms with E-state index in [0.717, 1.165) is 12.8 Å². The highest BCUT2D eigenvalue weighted by molar-refractivity contribution is 5.95. The van der Waals surface area contributed by atoms with E-state index in [-0.39, 0.29) is 24.0 Å². The number of benzene rings is 1. The maximum atomic E-state index is 13.5. The molecule has 0 spiro atoms. The second-order valence-corrected chi connectivity index (χ2v) is 5.40. The number of hydrogen-bond donors (Lipinski definition) is 2. The molecule has 1 fully saturated rings. The summed E-state index contributed by atoms with van der Waals surface area (Å²) in [7, 11) is 1.69. The smallest absolute Gasteiger partial charge is 0.241 e. The molecule has 5 nitrogen and oxygen atoms in total. The largest absolute Gasteiger partial charge is 0.352 e. The van der Waals surface area contributed by atoms with Crippen LogP contribution in [-0.2, 0) is 9.59 Å². The van der Waals surface area contributed by atoms with Crippen LogP contribution in [0, 0.1) is 5.82 Å². The number of carbonyl (C=O) groups excluding carboxylic acids is 2. The summed E-state index contributed by atoms with van der Waals surface area (Å²) in [4.78, 5) is 25.4. The van der Waals surface area contributed by atoms with E-state index in [1.165, 1.54) is 12.1 Å². The third kappa shape index (κ3) is 4.53. The van der Waals surface area contributed by atoms with Crippen LogP contribution in [0.2, 0.25) is 0 Å². The molecule has 0 heterocycles. The zero-order valence-electron chi connectivity index (χ0n) is 12.2. The van der Waals surface area contributed by atoms with Crippen LogP contribution in [0.3, 0.4) is 0 Å². The Morgan fingerprint density at radius 1 is 1.38 bits per heavy atom. The molecule has 0 radical (unpaired) electrons. The highest BCUT2D eigenvalue weighted by Crippen LogP contribution is 2.18. The molecule has 21 heavy (non-hydrogen) atoms. The number of nitrogens with zero attached hydrogens (tertiary/aromatic N) is 1. The van der Waals surface area contributed by atoms with E-state index >= 15 is 0 Å². The molecule has 1 saturated carbocycles. The van der Waals surface area contributed by atoms with Gasteiger partial charge in [0.05, 0.1) is 18.3 Å². The second kappa shape index (κ2) is 6.67. The highest BCUT2D eigenvalue weighted by Gasteiger charge is 2.25. The number of likely N-dealkylation sites (N-methyl/N-ethyl adjacent to an activating group) is 1. The molecule has 2 rings (SSSR count). The number of nitrogens with one attached hydrogen (secondary N) is 2. The van der Waals surface area contributed by atoms with Gasteiger partial charge in [0.2, 0.25) is 11.8 Å². The average Bonchev–Trinajstić information content (AvgIpc) is 3.24. The first kappa shape index (κ1) is 15.4. The Bertz CT molecular complexity index is 531. The van der Waals surface area contributed by atoms with Crippen molar-refractivity contribution in [2.45, 2.75) is 31.8 Å². The zero-order valence-corrected chi connectivity index (χ0v) is 12.2. The molecule has 6 heteroatoms. The third-order valence-corrected chi connectivity index (χ3v) is 3.51. The van der Waals surface area contributed by atoms with Crippen LogP contribution in [-0.4, -0.2) is 42.4 Å². The minimum absolute atomic E-state index is 0.0921. The van der Waals surface area contributed by atoms with Crippen LogP contribution >= 0.6 is 0 Å². The third-order valence-electron chi connectivity index (χ3n) is 3.51. The van der Waals surface area contributed by atoms with Crippen LogP contribution in [0.5, 0.6) is 0 Å². The topological polar surface area (TPSA) is 61.4 Å². The molecule has 2 N–H and O–H groups in total. The summed E-state index contributed by atoms with van der Waals surface area (Å²) in [5.41, 5.74) is 0.144. The molecule has 0 aromatic heterocycles. The van der Waals surface area contributed by atoms with E-state index < -0.39 is 11.9 Å².